The van der Waals surface area contributed by atoms with Crippen molar-refractivity contribution in [3.05, 3.63) is 89.0 Å². The predicted octanol–water partition coefficient (Wildman–Crippen LogP) is 4.88. The summed E-state index contributed by atoms with van der Waals surface area (Å²) in [6.45, 7) is 6.01. The number of methoxy groups -OCH3 is 1. The van der Waals surface area contributed by atoms with Crippen LogP contribution in [0.25, 0.3) is 0 Å². The molecule has 0 fully saturated rings. The number of benzene rings is 3. The van der Waals surface area contributed by atoms with Crippen molar-refractivity contribution in [1.82, 2.24) is 5.43 Å². The molecule has 3 aromatic carbocycles. The van der Waals surface area contributed by atoms with Crippen LogP contribution in [-0.2, 0) is 4.79 Å². The van der Waals surface area contributed by atoms with Gasteiger partial charge in [0, 0.05) is 0 Å². The minimum Gasteiger partial charge on any atom is -0.497 e. The fraction of sp³-hybridized carbons (Fsp3) is 0.222. The molecule has 0 saturated heterocycles. The van der Waals surface area contributed by atoms with Crippen LogP contribution in [0.3, 0.4) is 0 Å². The van der Waals surface area contributed by atoms with Crippen LogP contribution in [0.5, 0.6) is 17.2 Å². The summed E-state index contributed by atoms with van der Waals surface area (Å²) in [7, 11) is 1.56. The Morgan fingerprint density at radius 3 is 2.29 bits per heavy atom. The van der Waals surface area contributed by atoms with E-state index in [0.717, 1.165) is 16.7 Å². The van der Waals surface area contributed by atoms with Gasteiger partial charge in [0.25, 0.3) is 5.91 Å². The average Bonchev–Trinajstić information content (AvgIpc) is 2.84. The van der Waals surface area contributed by atoms with E-state index in [1.807, 2.05) is 19.1 Å². The first kappa shape index (κ1) is 24.5. The number of ether oxygens (including phenoxy) is 3. The molecular formula is C27H28N2O5. The number of esters is 1. The van der Waals surface area contributed by atoms with Gasteiger partial charge in [0.05, 0.1) is 18.9 Å². The van der Waals surface area contributed by atoms with Gasteiger partial charge < -0.3 is 14.2 Å². The fourth-order valence-corrected chi connectivity index (χ4v) is 3.00. The molecule has 0 aliphatic carbocycles. The summed E-state index contributed by atoms with van der Waals surface area (Å²) in [5.74, 6) is 1.29. The topological polar surface area (TPSA) is 86.2 Å². The van der Waals surface area contributed by atoms with Gasteiger partial charge in [-0.05, 0) is 84.1 Å². The lowest BCUT2D eigenvalue weighted by atomic mass is 10.0. The molecule has 7 heteroatoms. The Bertz CT molecular complexity index is 1150. The third-order valence-corrected chi connectivity index (χ3v) is 5.06. The van der Waals surface area contributed by atoms with Gasteiger partial charge in [-0.3, -0.25) is 4.79 Å². The monoisotopic (exact) mass is 460 g/mol. The van der Waals surface area contributed by atoms with Crippen LogP contribution in [0.4, 0.5) is 0 Å². The van der Waals surface area contributed by atoms with Gasteiger partial charge in [-0.15, -0.1) is 0 Å². The lowest BCUT2D eigenvalue weighted by molar-refractivity contribution is -0.123. The second kappa shape index (κ2) is 11.7. The average molecular weight is 461 g/mol. The van der Waals surface area contributed by atoms with Crippen molar-refractivity contribution in [3.8, 4) is 17.2 Å². The van der Waals surface area contributed by atoms with Crippen LogP contribution in [0.2, 0.25) is 0 Å². The maximum absolute atomic E-state index is 12.2. The lowest BCUT2D eigenvalue weighted by Crippen LogP contribution is -2.24. The predicted molar refractivity (Wildman–Crippen MR) is 131 cm³/mol. The summed E-state index contributed by atoms with van der Waals surface area (Å²) in [5, 5.41) is 3.95. The van der Waals surface area contributed by atoms with Crippen molar-refractivity contribution in [3.63, 3.8) is 0 Å². The molecule has 0 unspecified atom stereocenters. The number of nitrogens with one attached hydrogen (secondary N) is 1. The second-order valence-electron chi connectivity index (χ2n) is 7.95. The fourth-order valence-electron chi connectivity index (χ4n) is 3.00. The Kier molecular flexibility index (Phi) is 8.40. The lowest BCUT2D eigenvalue weighted by Gasteiger charge is -2.12. The molecule has 0 aliphatic heterocycles. The number of carbonyl (C=O) groups excluding carboxylic acids is 2. The Labute approximate surface area is 199 Å². The van der Waals surface area contributed by atoms with Crippen molar-refractivity contribution >= 4 is 18.1 Å². The van der Waals surface area contributed by atoms with Gasteiger partial charge in [-0.2, -0.15) is 5.10 Å². The summed E-state index contributed by atoms with van der Waals surface area (Å²) < 4.78 is 16.1. The van der Waals surface area contributed by atoms with Gasteiger partial charge in [0.15, 0.2) is 6.61 Å². The van der Waals surface area contributed by atoms with Crippen LogP contribution in [0.1, 0.15) is 46.8 Å². The summed E-state index contributed by atoms with van der Waals surface area (Å²) >= 11 is 0. The minimum atomic E-state index is -0.467. The normalized spacial score (nSPS) is 10.9. The van der Waals surface area contributed by atoms with E-state index in [-0.39, 0.29) is 12.5 Å². The van der Waals surface area contributed by atoms with Gasteiger partial charge in [0.1, 0.15) is 17.2 Å². The molecule has 0 aliphatic rings. The molecule has 3 aromatic rings. The van der Waals surface area contributed by atoms with E-state index >= 15 is 0 Å². The number of rotatable bonds is 9. The van der Waals surface area contributed by atoms with Gasteiger partial charge >= 0.3 is 5.97 Å². The zero-order chi connectivity index (χ0) is 24.5. The van der Waals surface area contributed by atoms with E-state index in [4.69, 9.17) is 14.2 Å². The molecule has 3 rings (SSSR count). The highest BCUT2D eigenvalue weighted by molar-refractivity contribution is 5.91. The first-order chi connectivity index (χ1) is 16.4. The number of amides is 1. The first-order valence-electron chi connectivity index (χ1n) is 10.9. The van der Waals surface area contributed by atoms with Crippen molar-refractivity contribution in [2.75, 3.05) is 13.7 Å². The van der Waals surface area contributed by atoms with Gasteiger partial charge in [-0.25, -0.2) is 10.2 Å². The summed E-state index contributed by atoms with van der Waals surface area (Å²) in [5.41, 5.74) is 5.71. The second-order valence-corrected chi connectivity index (χ2v) is 7.95. The Morgan fingerprint density at radius 2 is 1.65 bits per heavy atom. The molecule has 34 heavy (non-hydrogen) atoms. The molecule has 0 radical (unpaired) electrons. The zero-order valence-electron chi connectivity index (χ0n) is 19.7. The van der Waals surface area contributed by atoms with Crippen LogP contribution >= 0.6 is 0 Å². The molecule has 0 aromatic heterocycles. The molecule has 0 atom stereocenters. The van der Waals surface area contributed by atoms with Crippen molar-refractivity contribution in [2.24, 2.45) is 5.10 Å². The Balaban J connectivity index is 1.48. The number of hydrogen-bond acceptors (Lipinski definition) is 6. The number of hydrogen-bond donors (Lipinski definition) is 1. The van der Waals surface area contributed by atoms with Crippen LogP contribution < -0.4 is 19.6 Å². The molecule has 7 nitrogen and oxygen atoms in total. The molecule has 0 saturated carbocycles. The molecular weight excluding hydrogens is 432 g/mol. The number of aryl methyl sites for hydroxylation is 1. The third-order valence-electron chi connectivity index (χ3n) is 5.06. The SMILES string of the molecule is COc1ccc(C(=O)Oc2ccc(/C=N\NC(=O)COc3cc(C(C)C)ccc3C)cc2)cc1. The smallest absolute Gasteiger partial charge is 0.343 e. The summed E-state index contributed by atoms with van der Waals surface area (Å²) in [6.07, 6.45) is 1.50. The first-order valence-corrected chi connectivity index (χ1v) is 10.9. The van der Waals surface area contributed by atoms with Crippen molar-refractivity contribution < 1.29 is 23.8 Å². The van der Waals surface area contributed by atoms with Gasteiger partial charge in [-0.1, -0.05) is 26.0 Å². The van der Waals surface area contributed by atoms with E-state index in [1.165, 1.54) is 6.21 Å². The van der Waals surface area contributed by atoms with E-state index in [0.29, 0.717) is 28.7 Å². The van der Waals surface area contributed by atoms with Crippen molar-refractivity contribution in [1.29, 1.82) is 0 Å². The van der Waals surface area contributed by atoms with E-state index in [9.17, 15) is 9.59 Å². The highest BCUT2D eigenvalue weighted by Gasteiger charge is 2.09. The van der Waals surface area contributed by atoms with Crippen molar-refractivity contribution in [2.45, 2.75) is 26.7 Å². The van der Waals surface area contributed by atoms with E-state index < -0.39 is 5.97 Å². The number of hydrazone groups is 1. The van der Waals surface area contributed by atoms with Crippen LogP contribution in [-0.4, -0.2) is 31.8 Å². The highest BCUT2D eigenvalue weighted by atomic mass is 16.5. The number of nitrogens with zero attached hydrogens (tertiary/aromatic N) is 1. The molecule has 0 bridgehead atoms. The Hall–Kier alpha value is -4.13. The molecule has 1 amide bonds. The van der Waals surface area contributed by atoms with Gasteiger partial charge in [0.2, 0.25) is 0 Å². The maximum atomic E-state index is 12.2. The molecule has 176 valence electrons. The summed E-state index contributed by atoms with van der Waals surface area (Å²) in [6, 6.07) is 19.4. The van der Waals surface area contributed by atoms with E-state index in [2.05, 4.69) is 30.4 Å². The quantitative estimate of drug-likeness (QED) is 0.213. The molecule has 0 spiro atoms. The standard InChI is InChI=1S/C27H28N2O5/c1-18(2)22-8-5-19(3)25(15-22)33-17-26(30)29-28-16-20-6-11-24(12-7-20)34-27(31)21-9-13-23(32-4)14-10-21/h5-16,18H,17H2,1-4H3,(H,29,30)/b28-16-. The molecule has 1 N–H and O–H groups in total. The highest BCUT2D eigenvalue weighted by Crippen LogP contribution is 2.24. The third kappa shape index (κ3) is 6.93. The minimum absolute atomic E-state index is 0.139. The molecule has 0 heterocycles. The Morgan fingerprint density at radius 1 is 0.971 bits per heavy atom. The zero-order valence-corrected chi connectivity index (χ0v) is 19.7. The largest absolute Gasteiger partial charge is 0.497 e. The summed E-state index contributed by atoms with van der Waals surface area (Å²) in [4.78, 5) is 24.3. The van der Waals surface area contributed by atoms with Crippen LogP contribution in [0.15, 0.2) is 71.8 Å². The number of carbonyl (C=O) groups is 2. The maximum Gasteiger partial charge on any atom is 0.343 e. The van der Waals surface area contributed by atoms with Crippen LogP contribution in [0, 0.1) is 6.92 Å². The van der Waals surface area contributed by atoms with E-state index in [1.54, 1.807) is 55.6 Å².